The van der Waals surface area contributed by atoms with Crippen LogP contribution in [-0.2, 0) is 19.1 Å². The number of ketones is 1. The lowest BCUT2D eigenvalue weighted by atomic mass is 9.47. The summed E-state index contributed by atoms with van der Waals surface area (Å²) in [6.45, 7) is 3.71. The van der Waals surface area contributed by atoms with Crippen LogP contribution >= 0.6 is 11.8 Å². The maximum Gasteiger partial charge on any atom is 0.230 e. The highest BCUT2D eigenvalue weighted by molar-refractivity contribution is 8.13. The number of hydrogen-bond donors (Lipinski definition) is 1. The molecule has 1 aliphatic heterocycles. The minimum atomic E-state index is -1.43. The Labute approximate surface area is 217 Å². The average molecular weight is 518 g/mol. The van der Waals surface area contributed by atoms with E-state index in [2.05, 4.69) is 0 Å². The number of ether oxygens (including phenoxy) is 2. The van der Waals surface area contributed by atoms with Gasteiger partial charge in [0.15, 0.2) is 11.5 Å². The highest BCUT2D eigenvalue weighted by Crippen LogP contribution is 2.67. The van der Waals surface area contributed by atoms with Crippen LogP contribution in [-0.4, -0.2) is 34.7 Å². The standard InChI is InChI=1S/C29H24FNO5S/c1-15-9-20-22(32)11-19-17-10-24-26(36-14-35-24)25(17)18(16-5-3-4-6-21(16)30)12-29(19,27(34)37-8-7-31)28(20,2)13-23(15)33/h3-6,9,11-12,15,23,33H,8,10,13-14H2,1-2H3/t15-,23-,28-,29-/m0/s1. The van der Waals surface area contributed by atoms with E-state index in [0.29, 0.717) is 51.4 Å². The molecule has 0 unspecified atom stereocenters. The maximum absolute atomic E-state index is 15.3. The third-order valence-electron chi connectivity index (χ3n) is 8.35. The third kappa shape index (κ3) is 3.14. The second kappa shape index (κ2) is 8.30. The Morgan fingerprint density at radius 3 is 2.84 bits per heavy atom. The Morgan fingerprint density at radius 1 is 1.30 bits per heavy atom. The predicted octanol–water partition coefficient (Wildman–Crippen LogP) is 4.75. The number of rotatable bonds is 3. The molecule has 1 heterocycles. The van der Waals surface area contributed by atoms with Crippen molar-refractivity contribution in [2.45, 2.75) is 32.8 Å². The molecule has 1 aromatic carbocycles. The Morgan fingerprint density at radius 2 is 2.08 bits per heavy atom. The van der Waals surface area contributed by atoms with Crippen molar-refractivity contribution in [3.05, 3.63) is 87.7 Å². The van der Waals surface area contributed by atoms with Crippen LogP contribution in [0.1, 0.15) is 32.3 Å². The summed E-state index contributed by atoms with van der Waals surface area (Å²) in [7, 11) is 0. The van der Waals surface area contributed by atoms with Crippen molar-refractivity contribution >= 4 is 28.2 Å². The fraction of sp³-hybridized carbons (Fsp3) is 0.345. The Kier molecular flexibility index (Phi) is 5.38. The van der Waals surface area contributed by atoms with Gasteiger partial charge in [-0.2, -0.15) is 5.26 Å². The molecule has 0 fully saturated rings. The van der Waals surface area contributed by atoms with E-state index in [1.165, 1.54) is 12.1 Å². The molecule has 6 rings (SSSR count). The molecule has 188 valence electrons. The fourth-order valence-corrected chi connectivity index (χ4v) is 7.33. The first-order valence-corrected chi connectivity index (χ1v) is 13.1. The van der Waals surface area contributed by atoms with Gasteiger partial charge in [-0.1, -0.05) is 56.0 Å². The molecule has 1 aromatic rings. The zero-order valence-electron chi connectivity index (χ0n) is 20.3. The zero-order chi connectivity index (χ0) is 26.1. The zero-order valence-corrected chi connectivity index (χ0v) is 21.2. The molecule has 0 saturated carbocycles. The predicted molar refractivity (Wildman–Crippen MR) is 135 cm³/mol. The number of fused-ring (bicyclic) bond motifs is 5. The van der Waals surface area contributed by atoms with E-state index < -0.39 is 22.8 Å². The number of nitrogens with zero attached hydrogens (tertiary/aromatic N) is 1. The first kappa shape index (κ1) is 24.0. The highest BCUT2D eigenvalue weighted by Gasteiger charge is 2.64. The molecule has 4 atom stereocenters. The highest BCUT2D eigenvalue weighted by atomic mass is 32.2. The first-order valence-electron chi connectivity index (χ1n) is 12.1. The molecule has 5 aliphatic rings. The second-order valence-electron chi connectivity index (χ2n) is 10.2. The lowest BCUT2D eigenvalue weighted by molar-refractivity contribution is -0.124. The van der Waals surface area contributed by atoms with Crippen molar-refractivity contribution in [2.24, 2.45) is 16.7 Å². The quantitative estimate of drug-likeness (QED) is 0.618. The number of nitriles is 1. The van der Waals surface area contributed by atoms with E-state index in [9.17, 15) is 20.0 Å². The minimum Gasteiger partial charge on any atom is -0.458 e. The number of carbonyl (C=O) groups excluding carboxylic acids is 2. The molecule has 0 spiro atoms. The van der Waals surface area contributed by atoms with Crippen molar-refractivity contribution in [1.29, 1.82) is 5.26 Å². The van der Waals surface area contributed by atoms with E-state index >= 15 is 4.39 Å². The van der Waals surface area contributed by atoms with Gasteiger partial charge in [-0.15, -0.1) is 0 Å². The van der Waals surface area contributed by atoms with Crippen LogP contribution in [0, 0.1) is 33.9 Å². The van der Waals surface area contributed by atoms with Gasteiger partial charge in [0.25, 0.3) is 0 Å². The molecule has 0 amide bonds. The van der Waals surface area contributed by atoms with Gasteiger partial charge in [0.2, 0.25) is 11.9 Å². The molecular formula is C29H24FNO5S. The van der Waals surface area contributed by atoms with Crippen molar-refractivity contribution < 1.29 is 28.6 Å². The molecule has 0 saturated heterocycles. The Hall–Kier alpha value is -3.41. The molecular weight excluding hydrogens is 493 g/mol. The summed E-state index contributed by atoms with van der Waals surface area (Å²) in [4.78, 5) is 27.9. The number of hydrogen-bond acceptors (Lipinski definition) is 7. The summed E-state index contributed by atoms with van der Waals surface area (Å²) in [5.41, 5.74) is 0.491. The van der Waals surface area contributed by atoms with Crippen molar-refractivity contribution in [3.8, 4) is 6.07 Å². The van der Waals surface area contributed by atoms with Gasteiger partial charge in [0.05, 0.1) is 23.3 Å². The Balaban J connectivity index is 1.70. The van der Waals surface area contributed by atoms with Crippen LogP contribution in [0.5, 0.6) is 0 Å². The summed E-state index contributed by atoms with van der Waals surface area (Å²) in [6, 6.07) is 8.36. The van der Waals surface area contributed by atoms with E-state index in [1.54, 1.807) is 30.4 Å². The number of halogens is 1. The van der Waals surface area contributed by atoms with Gasteiger partial charge in [-0.05, 0) is 35.3 Å². The lowest BCUT2D eigenvalue weighted by Crippen LogP contribution is -2.55. The largest absolute Gasteiger partial charge is 0.458 e. The molecule has 1 N–H and O–H groups in total. The number of thioether (sulfide) groups is 1. The average Bonchev–Trinajstić information content (AvgIpc) is 3.46. The summed E-state index contributed by atoms with van der Waals surface area (Å²) >= 11 is 0.876. The minimum absolute atomic E-state index is 0.0424. The molecule has 0 radical (unpaired) electrons. The summed E-state index contributed by atoms with van der Waals surface area (Å²) in [6.07, 6.45) is 4.68. The summed E-state index contributed by atoms with van der Waals surface area (Å²) < 4.78 is 26.8. The van der Waals surface area contributed by atoms with Crippen molar-refractivity contribution in [3.63, 3.8) is 0 Å². The molecule has 37 heavy (non-hydrogen) atoms. The van der Waals surface area contributed by atoms with Crippen LogP contribution < -0.4 is 0 Å². The van der Waals surface area contributed by atoms with Gasteiger partial charge in [-0.3, -0.25) is 9.59 Å². The molecule has 4 aliphatic carbocycles. The van der Waals surface area contributed by atoms with Crippen LogP contribution in [0.4, 0.5) is 4.39 Å². The van der Waals surface area contributed by atoms with Crippen molar-refractivity contribution in [2.75, 3.05) is 12.5 Å². The second-order valence-corrected chi connectivity index (χ2v) is 11.2. The SMILES string of the molecule is C[C@H]1C=C2C(=O)C=C3C4=C(C(c5ccccc5F)=C[C@]3(C(=O)SCC#N)[C@@]2(C)C[C@@H]1O)C1=C(C4)OCO1. The smallest absolute Gasteiger partial charge is 0.230 e. The van der Waals surface area contributed by atoms with Crippen LogP contribution in [0.15, 0.2) is 76.3 Å². The van der Waals surface area contributed by atoms with Gasteiger partial charge < -0.3 is 14.6 Å². The van der Waals surface area contributed by atoms with Gasteiger partial charge in [-0.25, -0.2) is 4.39 Å². The van der Waals surface area contributed by atoms with Crippen LogP contribution in [0.25, 0.3) is 5.57 Å². The third-order valence-corrected chi connectivity index (χ3v) is 9.21. The number of aliphatic hydroxyl groups is 1. The Bertz CT molecular complexity index is 1480. The van der Waals surface area contributed by atoms with Gasteiger partial charge >= 0.3 is 0 Å². The number of carbonyl (C=O) groups is 2. The maximum atomic E-state index is 15.3. The van der Waals surface area contributed by atoms with Gasteiger partial charge in [0, 0.05) is 34.5 Å². The summed E-state index contributed by atoms with van der Waals surface area (Å²) in [5.74, 6) is 0.0515. The number of aliphatic hydroxyl groups excluding tert-OH is 1. The van der Waals surface area contributed by atoms with Crippen LogP contribution in [0.2, 0.25) is 0 Å². The summed E-state index contributed by atoms with van der Waals surface area (Å²) in [5, 5.41) is 20.0. The van der Waals surface area contributed by atoms with Crippen LogP contribution in [0.3, 0.4) is 0 Å². The number of benzene rings is 1. The topological polar surface area (TPSA) is 96.6 Å². The molecule has 0 aromatic heterocycles. The van der Waals surface area contributed by atoms with Crippen molar-refractivity contribution in [1.82, 2.24) is 0 Å². The molecule has 0 bridgehead atoms. The first-order chi connectivity index (χ1) is 17.7. The number of allylic oxidation sites excluding steroid dienone is 6. The normalized spacial score (nSPS) is 31.6. The van der Waals surface area contributed by atoms with E-state index in [0.717, 1.165) is 11.8 Å². The fourth-order valence-electron chi connectivity index (χ4n) is 6.52. The van der Waals surface area contributed by atoms with Gasteiger partial charge in [0.1, 0.15) is 11.6 Å². The monoisotopic (exact) mass is 517 g/mol. The van der Waals surface area contributed by atoms with E-state index in [1.807, 2.05) is 19.9 Å². The van der Waals surface area contributed by atoms with E-state index in [-0.39, 0.29) is 35.8 Å². The van der Waals surface area contributed by atoms with E-state index in [4.69, 9.17) is 9.47 Å². The lowest BCUT2D eigenvalue weighted by Gasteiger charge is -2.55. The molecule has 6 nitrogen and oxygen atoms in total. The molecule has 8 heteroatoms.